The van der Waals surface area contributed by atoms with Gasteiger partial charge in [0.15, 0.2) is 5.82 Å². The maximum Gasteiger partial charge on any atom is 0.226 e. The van der Waals surface area contributed by atoms with Gasteiger partial charge in [-0.05, 0) is 28.0 Å². The number of carbonyl (C=O) groups excluding carboxylic acids is 1. The van der Waals surface area contributed by atoms with Crippen molar-refractivity contribution in [2.45, 2.75) is 12.3 Å². The number of benzene rings is 1. The number of H-pyrrole nitrogens is 1. The smallest absolute Gasteiger partial charge is 0.226 e. The van der Waals surface area contributed by atoms with E-state index in [4.69, 9.17) is 0 Å². The summed E-state index contributed by atoms with van der Waals surface area (Å²) in [6.45, 7) is 0. The van der Waals surface area contributed by atoms with Crippen LogP contribution in [-0.2, 0) is 4.79 Å². The Hall–Kier alpha value is -2.40. The van der Waals surface area contributed by atoms with Gasteiger partial charge in [0.25, 0.3) is 0 Å². The third-order valence-corrected chi connectivity index (χ3v) is 4.51. The molecule has 0 bridgehead atoms. The topological polar surface area (TPSA) is 57.8 Å². The lowest BCUT2D eigenvalue weighted by Gasteiger charge is -2.22. The SMILES string of the molecule is O=C1C[C@H](c2ccsc2)c2c(n[nH]c2-c2ccccc2)N1. The minimum absolute atomic E-state index is 0.0183. The molecule has 0 saturated carbocycles. The van der Waals surface area contributed by atoms with Gasteiger partial charge in [-0.2, -0.15) is 16.4 Å². The standard InChI is InChI=1S/C16H13N3OS/c20-13-8-12(11-6-7-21-9-11)14-15(18-19-16(14)17-13)10-4-2-1-3-5-10/h1-7,9,12H,8H2,(H2,17,18,19,20)/t12-/m1/s1. The Morgan fingerprint density at radius 2 is 2.05 bits per heavy atom. The van der Waals surface area contributed by atoms with Gasteiger partial charge in [0.1, 0.15) is 0 Å². The molecule has 0 radical (unpaired) electrons. The van der Waals surface area contributed by atoms with E-state index in [-0.39, 0.29) is 11.8 Å². The molecule has 0 aliphatic carbocycles. The molecular weight excluding hydrogens is 282 g/mol. The number of rotatable bonds is 2. The van der Waals surface area contributed by atoms with Crippen LogP contribution in [0.25, 0.3) is 11.3 Å². The largest absolute Gasteiger partial charge is 0.309 e. The lowest BCUT2D eigenvalue weighted by Crippen LogP contribution is -2.23. The molecular formula is C16H13N3OS. The van der Waals surface area contributed by atoms with E-state index in [1.165, 1.54) is 5.56 Å². The number of hydrogen-bond acceptors (Lipinski definition) is 3. The van der Waals surface area contributed by atoms with Crippen molar-refractivity contribution in [1.29, 1.82) is 0 Å². The molecule has 5 heteroatoms. The number of carbonyl (C=O) groups is 1. The maximum absolute atomic E-state index is 11.9. The Morgan fingerprint density at radius 3 is 2.81 bits per heavy atom. The average molecular weight is 295 g/mol. The van der Waals surface area contributed by atoms with Crippen molar-refractivity contribution in [3.05, 3.63) is 58.3 Å². The van der Waals surface area contributed by atoms with Crippen molar-refractivity contribution in [2.24, 2.45) is 0 Å². The molecule has 0 fully saturated rings. The maximum atomic E-state index is 11.9. The van der Waals surface area contributed by atoms with Crippen LogP contribution in [0.1, 0.15) is 23.5 Å². The van der Waals surface area contributed by atoms with Crippen LogP contribution >= 0.6 is 11.3 Å². The van der Waals surface area contributed by atoms with Crippen LogP contribution in [0.4, 0.5) is 5.82 Å². The summed E-state index contributed by atoms with van der Waals surface area (Å²) in [4.78, 5) is 11.9. The molecule has 2 aromatic heterocycles. The van der Waals surface area contributed by atoms with Gasteiger partial charge in [-0.3, -0.25) is 9.89 Å². The average Bonchev–Trinajstić information content (AvgIpc) is 3.16. The first-order chi connectivity index (χ1) is 10.3. The molecule has 1 aromatic carbocycles. The summed E-state index contributed by atoms with van der Waals surface area (Å²) in [7, 11) is 0. The predicted molar refractivity (Wildman–Crippen MR) is 83.4 cm³/mol. The Morgan fingerprint density at radius 1 is 1.19 bits per heavy atom. The van der Waals surface area contributed by atoms with E-state index in [2.05, 4.69) is 39.1 Å². The quantitative estimate of drug-likeness (QED) is 0.758. The molecule has 0 spiro atoms. The number of aromatic amines is 1. The number of nitrogens with zero attached hydrogens (tertiary/aromatic N) is 1. The third kappa shape index (κ3) is 2.06. The van der Waals surface area contributed by atoms with E-state index in [1.807, 2.05) is 23.6 Å². The molecule has 0 saturated heterocycles. The van der Waals surface area contributed by atoms with Crippen molar-refractivity contribution in [3.63, 3.8) is 0 Å². The first-order valence-corrected chi connectivity index (χ1v) is 7.73. The molecule has 1 atom stereocenters. The number of fused-ring (bicyclic) bond motifs is 1. The Kier molecular flexibility index (Phi) is 2.86. The van der Waals surface area contributed by atoms with E-state index in [9.17, 15) is 4.79 Å². The van der Waals surface area contributed by atoms with Gasteiger partial charge < -0.3 is 5.32 Å². The van der Waals surface area contributed by atoms with E-state index >= 15 is 0 Å². The minimum Gasteiger partial charge on any atom is -0.309 e. The van der Waals surface area contributed by atoms with Gasteiger partial charge in [0.05, 0.1) is 5.69 Å². The summed E-state index contributed by atoms with van der Waals surface area (Å²) in [5, 5.41) is 14.4. The van der Waals surface area contributed by atoms with Gasteiger partial charge in [-0.25, -0.2) is 0 Å². The molecule has 104 valence electrons. The Balaban J connectivity index is 1.89. The van der Waals surface area contributed by atoms with Gasteiger partial charge in [-0.1, -0.05) is 30.3 Å². The normalized spacial score (nSPS) is 17.3. The second-order valence-electron chi connectivity index (χ2n) is 5.09. The van der Waals surface area contributed by atoms with Crippen LogP contribution in [0.2, 0.25) is 0 Å². The summed E-state index contributed by atoms with van der Waals surface area (Å²) >= 11 is 1.65. The zero-order valence-electron chi connectivity index (χ0n) is 11.2. The van der Waals surface area contributed by atoms with Crippen molar-refractivity contribution in [1.82, 2.24) is 10.2 Å². The molecule has 3 aromatic rings. The number of nitrogens with one attached hydrogen (secondary N) is 2. The fourth-order valence-corrected chi connectivity index (χ4v) is 3.55. The Bertz CT molecular complexity index is 777. The highest BCUT2D eigenvalue weighted by Crippen LogP contribution is 2.41. The molecule has 1 aliphatic heterocycles. The molecule has 1 amide bonds. The molecule has 0 unspecified atom stereocenters. The lowest BCUT2D eigenvalue weighted by atomic mass is 9.86. The van der Waals surface area contributed by atoms with Gasteiger partial charge >= 0.3 is 0 Å². The number of aromatic nitrogens is 2. The highest BCUT2D eigenvalue weighted by atomic mass is 32.1. The zero-order chi connectivity index (χ0) is 14.2. The third-order valence-electron chi connectivity index (χ3n) is 3.81. The second kappa shape index (κ2) is 4.86. The monoisotopic (exact) mass is 295 g/mol. The molecule has 21 heavy (non-hydrogen) atoms. The zero-order valence-corrected chi connectivity index (χ0v) is 12.0. The minimum atomic E-state index is 0.0183. The van der Waals surface area contributed by atoms with Crippen LogP contribution in [0, 0.1) is 0 Å². The van der Waals surface area contributed by atoms with E-state index in [1.54, 1.807) is 11.3 Å². The number of amides is 1. The fraction of sp³-hybridized carbons (Fsp3) is 0.125. The van der Waals surface area contributed by atoms with Crippen LogP contribution in [-0.4, -0.2) is 16.1 Å². The van der Waals surface area contributed by atoms with Crippen molar-refractivity contribution < 1.29 is 4.79 Å². The van der Waals surface area contributed by atoms with Crippen LogP contribution in [0.5, 0.6) is 0 Å². The summed E-state index contributed by atoms with van der Waals surface area (Å²) in [6.07, 6.45) is 0.461. The van der Waals surface area contributed by atoms with Gasteiger partial charge in [0, 0.05) is 17.9 Å². The molecule has 3 heterocycles. The second-order valence-corrected chi connectivity index (χ2v) is 5.87. The molecule has 1 aliphatic rings. The Labute approximate surface area is 125 Å². The predicted octanol–water partition coefficient (Wildman–Crippen LogP) is 3.61. The van der Waals surface area contributed by atoms with E-state index < -0.39 is 0 Å². The molecule has 2 N–H and O–H groups in total. The van der Waals surface area contributed by atoms with Crippen LogP contribution < -0.4 is 5.32 Å². The van der Waals surface area contributed by atoms with Crippen molar-refractivity contribution in [2.75, 3.05) is 5.32 Å². The summed E-state index contributed by atoms with van der Waals surface area (Å²) in [5.74, 6) is 0.736. The van der Waals surface area contributed by atoms with Gasteiger partial charge in [0.2, 0.25) is 5.91 Å². The highest BCUT2D eigenvalue weighted by molar-refractivity contribution is 7.08. The summed E-state index contributed by atoms with van der Waals surface area (Å²) < 4.78 is 0. The lowest BCUT2D eigenvalue weighted by molar-refractivity contribution is -0.116. The highest BCUT2D eigenvalue weighted by Gasteiger charge is 2.32. The fourth-order valence-electron chi connectivity index (χ4n) is 2.84. The molecule has 4 nitrogen and oxygen atoms in total. The van der Waals surface area contributed by atoms with Crippen LogP contribution in [0.15, 0.2) is 47.2 Å². The first-order valence-electron chi connectivity index (χ1n) is 6.78. The number of anilines is 1. The van der Waals surface area contributed by atoms with Gasteiger partial charge in [-0.15, -0.1) is 0 Å². The van der Waals surface area contributed by atoms with Crippen molar-refractivity contribution in [3.8, 4) is 11.3 Å². The summed E-state index contributed by atoms with van der Waals surface area (Å²) in [5.41, 5.74) is 4.33. The number of hydrogen-bond donors (Lipinski definition) is 2. The number of thiophene rings is 1. The van der Waals surface area contributed by atoms with E-state index in [0.29, 0.717) is 12.2 Å². The molecule has 4 rings (SSSR count). The van der Waals surface area contributed by atoms with Crippen molar-refractivity contribution >= 4 is 23.1 Å². The first kappa shape index (κ1) is 12.3. The van der Waals surface area contributed by atoms with Crippen LogP contribution in [0.3, 0.4) is 0 Å². The summed E-state index contributed by atoms with van der Waals surface area (Å²) in [6, 6.07) is 12.2. The van der Waals surface area contributed by atoms with E-state index in [0.717, 1.165) is 16.8 Å².